The number of anilines is 1. The number of carbonyl (C=O) groups is 1. The smallest absolute Gasteiger partial charge is 0.271 e. The van der Waals surface area contributed by atoms with Gasteiger partial charge in [0.05, 0.1) is 0 Å². The molecule has 1 heterocycles. The van der Waals surface area contributed by atoms with Crippen molar-refractivity contribution in [2.24, 2.45) is 0 Å². The molecule has 2 N–H and O–H groups in total. The predicted octanol–water partition coefficient (Wildman–Crippen LogP) is 0.590. The van der Waals surface area contributed by atoms with E-state index >= 15 is 0 Å². The van der Waals surface area contributed by atoms with Gasteiger partial charge in [-0.1, -0.05) is 0 Å². The highest BCUT2D eigenvalue weighted by atomic mass is 16.1. The maximum atomic E-state index is 11.7. The normalized spacial score (nSPS) is 10.4. The van der Waals surface area contributed by atoms with E-state index in [0.717, 1.165) is 19.5 Å². The molecule has 1 aromatic heterocycles. The molecular formula is C12H21N5O. The lowest BCUT2D eigenvalue weighted by molar-refractivity contribution is 0.0946. The Labute approximate surface area is 108 Å². The topological polar surface area (TPSA) is 70.2 Å². The van der Waals surface area contributed by atoms with Gasteiger partial charge in [-0.05, 0) is 46.1 Å². The first-order valence-electron chi connectivity index (χ1n) is 6.14. The van der Waals surface area contributed by atoms with Gasteiger partial charge in [-0.25, -0.2) is 0 Å². The third-order valence-electron chi connectivity index (χ3n) is 2.32. The molecule has 18 heavy (non-hydrogen) atoms. The van der Waals surface area contributed by atoms with Gasteiger partial charge in [-0.3, -0.25) is 4.79 Å². The second kappa shape index (κ2) is 7.60. The van der Waals surface area contributed by atoms with Crippen molar-refractivity contribution in [3.63, 3.8) is 0 Å². The molecular weight excluding hydrogens is 230 g/mol. The molecule has 0 aliphatic heterocycles. The summed E-state index contributed by atoms with van der Waals surface area (Å²) in [5.41, 5.74) is 0.349. The largest absolute Gasteiger partial charge is 0.369 e. The fourth-order valence-corrected chi connectivity index (χ4v) is 1.42. The van der Waals surface area contributed by atoms with E-state index in [0.29, 0.717) is 18.1 Å². The predicted molar refractivity (Wildman–Crippen MR) is 71.7 cm³/mol. The number of nitrogens with zero attached hydrogens (tertiary/aromatic N) is 3. The Morgan fingerprint density at radius 1 is 1.33 bits per heavy atom. The van der Waals surface area contributed by atoms with Crippen LogP contribution in [-0.4, -0.2) is 54.7 Å². The zero-order valence-electron chi connectivity index (χ0n) is 11.2. The van der Waals surface area contributed by atoms with Crippen LogP contribution in [0.25, 0.3) is 0 Å². The molecule has 0 spiro atoms. The molecule has 0 aromatic carbocycles. The van der Waals surface area contributed by atoms with Crippen molar-refractivity contribution in [1.82, 2.24) is 20.4 Å². The fourth-order valence-electron chi connectivity index (χ4n) is 1.42. The van der Waals surface area contributed by atoms with Gasteiger partial charge in [0.25, 0.3) is 5.91 Å². The number of amides is 1. The lowest BCUT2D eigenvalue weighted by Gasteiger charge is -2.09. The molecule has 0 saturated heterocycles. The molecule has 0 radical (unpaired) electrons. The quantitative estimate of drug-likeness (QED) is 0.694. The van der Waals surface area contributed by atoms with E-state index in [4.69, 9.17) is 0 Å². The lowest BCUT2D eigenvalue weighted by Crippen LogP contribution is -2.28. The summed E-state index contributed by atoms with van der Waals surface area (Å²) in [5, 5.41) is 13.6. The molecule has 6 heteroatoms. The van der Waals surface area contributed by atoms with Gasteiger partial charge in [0, 0.05) is 13.1 Å². The van der Waals surface area contributed by atoms with Crippen molar-refractivity contribution in [3.8, 4) is 0 Å². The zero-order valence-corrected chi connectivity index (χ0v) is 11.2. The average molecular weight is 251 g/mol. The molecule has 6 nitrogen and oxygen atoms in total. The van der Waals surface area contributed by atoms with Gasteiger partial charge in [0.1, 0.15) is 5.82 Å². The second-order valence-electron chi connectivity index (χ2n) is 4.25. The first kappa shape index (κ1) is 14.4. The molecule has 0 bridgehead atoms. The summed E-state index contributed by atoms with van der Waals surface area (Å²) in [6, 6.07) is 3.43. The van der Waals surface area contributed by atoms with E-state index in [2.05, 4.69) is 25.7 Å². The van der Waals surface area contributed by atoms with Crippen LogP contribution in [0.1, 0.15) is 23.8 Å². The fraction of sp³-hybridized carbons (Fsp3) is 0.583. The number of aromatic nitrogens is 2. The van der Waals surface area contributed by atoms with Crippen molar-refractivity contribution in [1.29, 1.82) is 0 Å². The van der Waals surface area contributed by atoms with Crippen LogP contribution in [-0.2, 0) is 0 Å². The monoisotopic (exact) mass is 251 g/mol. The average Bonchev–Trinajstić information content (AvgIpc) is 2.35. The Bertz CT molecular complexity index is 363. The van der Waals surface area contributed by atoms with E-state index < -0.39 is 0 Å². The van der Waals surface area contributed by atoms with Gasteiger partial charge < -0.3 is 15.5 Å². The van der Waals surface area contributed by atoms with Crippen molar-refractivity contribution in [2.45, 2.75) is 13.3 Å². The molecule has 0 atom stereocenters. The Morgan fingerprint density at radius 3 is 2.67 bits per heavy atom. The molecule has 0 unspecified atom stereocenters. The molecule has 1 amide bonds. The number of hydrogen-bond donors (Lipinski definition) is 2. The number of nitrogens with one attached hydrogen (secondary N) is 2. The van der Waals surface area contributed by atoms with E-state index in [1.807, 2.05) is 21.0 Å². The van der Waals surface area contributed by atoms with Crippen LogP contribution in [0.2, 0.25) is 0 Å². The third kappa shape index (κ3) is 5.09. The SMILES string of the molecule is CCNc1ccc(C(=O)NCCCN(C)C)nn1. The maximum absolute atomic E-state index is 11.7. The minimum absolute atomic E-state index is 0.177. The van der Waals surface area contributed by atoms with Crippen molar-refractivity contribution < 1.29 is 4.79 Å². The van der Waals surface area contributed by atoms with Crippen molar-refractivity contribution in [2.75, 3.05) is 39.0 Å². The second-order valence-corrected chi connectivity index (χ2v) is 4.25. The van der Waals surface area contributed by atoms with E-state index in [-0.39, 0.29) is 5.91 Å². The molecule has 100 valence electrons. The highest BCUT2D eigenvalue weighted by molar-refractivity contribution is 5.92. The van der Waals surface area contributed by atoms with Crippen LogP contribution >= 0.6 is 0 Å². The summed E-state index contributed by atoms with van der Waals surface area (Å²) in [5.74, 6) is 0.506. The third-order valence-corrected chi connectivity index (χ3v) is 2.32. The Hall–Kier alpha value is -1.69. The Balaban J connectivity index is 2.37. The highest BCUT2D eigenvalue weighted by Crippen LogP contribution is 2.01. The van der Waals surface area contributed by atoms with Gasteiger partial charge in [0.2, 0.25) is 0 Å². The minimum atomic E-state index is -0.177. The maximum Gasteiger partial charge on any atom is 0.271 e. The van der Waals surface area contributed by atoms with Gasteiger partial charge in [-0.15, -0.1) is 10.2 Å². The Kier molecular flexibility index (Phi) is 6.07. The minimum Gasteiger partial charge on any atom is -0.369 e. The van der Waals surface area contributed by atoms with Crippen molar-refractivity contribution >= 4 is 11.7 Å². The van der Waals surface area contributed by atoms with Gasteiger partial charge >= 0.3 is 0 Å². The van der Waals surface area contributed by atoms with Crippen molar-refractivity contribution in [3.05, 3.63) is 17.8 Å². The molecule has 1 rings (SSSR count). The number of hydrogen-bond acceptors (Lipinski definition) is 5. The summed E-state index contributed by atoms with van der Waals surface area (Å²) in [6.07, 6.45) is 0.918. The molecule has 1 aromatic rings. The number of carbonyl (C=O) groups excluding carboxylic acids is 1. The zero-order chi connectivity index (χ0) is 13.4. The summed E-state index contributed by atoms with van der Waals surface area (Å²) in [4.78, 5) is 13.8. The van der Waals surface area contributed by atoms with E-state index in [1.165, 1.54) is 0 Å². The van der Waals surface area contributed by atoms with E-state index in [9.17, 15) is 4.79 Å². The summed E-state index contributed by atoms with van der Waals surface area (Å²) in [6.45, 7) is 4.36. The summed E-state index contributed by atoms with van der Waals surface area (Å²) < 4.78 is 0. The molecule has 0 saturated carbocycles. The van der Waals surface area contributed by atoms with Crippen LogP contribution in [0.5, 0.6) is 0 Å². The first-order valence-corrected chi connectivity index (χ1v) is 6.14. The molecule has 0 aliphatic rings. The molecule has 0 aliphatic carbocycles. The summed E-state index contributed by atoms with van der Waals surface area (Å²) >= 11 is 0. The van der Waals surface area contributed by atoms with Crippen LogP contribution in [0.3, 0.4) is 0 Å². The standard InChI is InChI=1S/C12H21N5O/c1-4-13-11-7-6-10(15-16-11)12(18)14-8-5-9-17(2)3/h6-7H,4-5,8-9H2,1-3H3,(H,13,16)(H,14,18). The van der Waals surface area contributed by atoms with Gasteiger partial charge in [-0.2, -0.15) is 0 Å². The Morgan fingerprint density at radius 2 is 2.11 bits per heavy atom. The summed E-state index contributed by atoms with van der Waals surface area (Å²) in [7, 11) is 4.01. The first-order chi connectivity index (χ1) is 8.63. The van der Waals surface area contributed by atoms with E-state index in [1.54, 1.807) is 12.1 Å². The van der Waals surface area contributed by atoms with Crippen LogP contribution in [0.4, 0.5) is 5.82 Å². The molecule has 0 fully saturated rings. The number of rotatable bonds is 7. The lowest BCUT2D eigenvalue weighted by atomic mass is 10.3. The van der Waals surface area contributed by atoms with Crippen LogP contribution in [0, 0.1) is 0 Å². The van der Waals surface area contributed by atoms with Crippen LogP contribution < -0.4 is 10.6 Å². The van der Waals surface area contributed by atoms with Crippen LogP contribution in [0.15, 0.2) is 12.1 Å². The van der Waals surface area contributed by atoms with Gasteiger partial charge in [0.15, 0.2) is 5.69 Å². The highest BCUT2D eigenvalue weighted by Gasteiger charge is 2.07.